The van der Waals surface area contributed by atoms with Crippen molar-refractivity contribution in [1.29, 1.82) is 0 Å². The standard InChI is InChI=1S/C22H26N2O3/c1-26-21-7-3-2-6-18(21)19(24-11-4-5-12-24)15-23-22(25)17-8-9-20-16(14-17)10-13-27-20/h2-3,6-9,14,19H,4-5,10-13,15H2,1H3,(H,23,25). The van der Waals surface area contributed by atoms with E-state index < -0.39 is 0 Å². The summed E-state index contributed by atoms with van der Waals surface area (Å²) in [7, 11) is 1.70. The molecule has 2 aromatic carbocycles. The number of fused-ring (bicyclic) bond motifs is 1. The van der Waals surface area contributed by atoms with E-state index in [4.69, 9.17) is 9.47 Å². The van der Waals surface area contributed by atoms with Gasteiger partial charge in [-0.25, -0.2) is 0 Å². The Labute approximate surface area is 160 Å². The van der Waals surface area contributed by atoms with Gasteiger partial charge in [0.15, 0.2) is 0 Å². The van der Waals surface area contributed by atoms with E-state index in [2.05, 4.69) is 16.3 Å². The molecule has 5 heteroatoms. The highest BCUT2D eigenvalue weighted by atomic mass is 16.5. The minimum Gasteiger partial charge on any atom is -0.496 e. The number of carbonyl (C=O) groups is 1. The number of ether oxygens (including phenoxy) is 2. The van der Waals surface area contributed by atoms with Crippen molar-refractivity contribution in [2.45, 2.75) is 25.3 Å². The second kappa shape index (κ2) is 8.01. The van der Waals surface area contributed by atoms with Gasteiger partial charge >= 0.3 is 0 Å². The summed E-state index contributed by atoms with van der Waals surface area (Å²) in [5.41, 5.74) is 2.94. The monoisotopic (exact) mass is 366 g/mol. The normalized spacial score (nSPS) is 17.2. The molecule has 1 saturated heterocycles. The van der Waals surface area contributed by atoms with Crippen LogP contribution in [0.15, 0.2) is 42.5 Å². The minimum absolute atomic E-state index is 0.0382. The van der Waals surface area contributed by atoms with Gasteiger partial charge in [0.25, 0.3) is 5.91 Å². The van der Waals surface area contributed by atoms with Gasteiger partial charge in [-0.1, -0.05) is 18.2 Å². The molecule has 1 fully saturated rings. The third kappa shape index (κ3) is 3.78. The molecule has 1 amide bonds. The molecule has 0 saturated carbocycles. The molecule has 2 aliphatic rings. The molecule has 5 nitrogen and oxygen atoms in total. The molecular weight excluding hydrogens is 340 g/mol. The fraction of sp³-hybridized carbons (Fsp3) is 0.409. The number of methoxy groups -OCH3 is 1. The number of likely N-dealkylation sites (tertiary alicyclic amines) is 1. The lowest BCUT2D eigenvalue weighted by Gasteiger charge is -2.29. The van der Waals surface area contributed by atoms with Crippen LogP contribution in [0, 0.1) is 0 Å². The van der Waals surface area contributed by atoms with Crippen LogP contribution >= 0.6 is 0 Å². The smallest absolute Gasteiger partial charge is 0.251 e. The molecule has 2 aliphatic heterocycles. The quantitative estimate of drug-likeness (QED) is 0.853. The lowest BCUT2D eigenvalue weighted by molar-refractivity contribution is 0.0937. The molecule has 4 rings (SSSR count). The largest absolute Gasteiger partial charge is 0.496 e. The Morgan fingerprint density at radius 1 is 1.22 bits per heavy atom. The first-order valence-electron chi connectivity index (χ1n) is 9.67. The first kappa shape index (κ1) is 17.9. The number of benzene rings is 2. The highest BCUT2D eigenvalue weighted by molar-refractivity contribution is 5.94. The van der Waals surface area contributed by atoms with Crippen molar-refractivity contribution in [2.24, 2.45) is 0 Å². The van der Waals surface area contributed by atoms with E-state index in [1.165, 1.54) is 12.8 Å². The number of rotatable bonds is 6. The highest BCUT2D eigenvalue weighted by Gasteiger charge is 2.26. The number of hydrogen-bond acceptors (Lipinski definition) is 4. The Morgan fingerprint density at radius 3 is 2.85 bits per heavy atom. The van der Waals surface area contributed by atoms with Gasteiger partial charge in [-0.2, -0.15) is 0 Å². The summed E-state index contributed by atoms with van der Waals surface area (Å²) in [6, 6.07) is 13.9. The Hall–Kier alpha value is -2.53. The van der Waals surface area contributed by atoms with Crippen LogP contribution in [0.4, 0.5) is 0 Å². The first-order valence-corrected chi connectivity index (χ1v) is 9.67. The zero-order chi connectivity index (χ0) is 18.6. The average Bonchev–Trinajstić information content (AvgIpc) is 3.39. The van der Waals surface area contributed by atoms with Gasteiger partial charge in [0.1, 0.15) is 11.5 Å². The molecular formula is C22H26N2O3. The lowest BCUT2D eigenvalue weighted by atomic mass is 10.0. The second-order valence-corrected chi connectivity index (χ2v) is 7.13. The number of hydrogen-bond donors (Lipinski definition) is 1. The molecule has 0 aliphatic carbocycles. The maximum Gasteiger partial charge on any atom is 0.251 e. The van der Waals surface area contributed by atoms with Crippen molar-refractivity contribution in [3.05, 3.63) is 59.2 Å². The molecule has 1 unspecified atom stereocenters. The fourth-order valence-electron chi connectivity index (χ4n) is 4.05. The van der Waals surface area contributed by atoms with E-state index in [1.54, 1.807) is 7.11 Å². The number of amides is 1. The topological polar surface area (TPSA) is 50.8 Å². The molecule has 0 bridgehead atoms. The fourth-order valence-corrected chi connectivity index (χ4v) is 4.05. The van der Waals surface area contributed by atoms with Crippen LogP contribution in [-0.2, 0) is 6.42 Å². The molecule has 2 heterocycles. The summed E-state index contributed by atoms with van der Waals surface area (Å²) >= 11 is 0. The third-order valence-electron chi connectivity index (χ3n) is 5.49. The zero-order valence-corrected chi connectivity index (χ0v) is 15.7. The van der Waals surface area contributed by atoms with Crippen LogP contribution < -0.4 is 14.8 Å². The van der Waals surface area contributed by atoms with E-state index >= 15 is 0 Å². The number of nitrogens with zero attached hydrogens (tertiary/aromatic N) is 1. The molecule has 27 heavy (non-hydrogen) atoms. The van der Waals surface area contributed by atoms with Crippen molar-refractivity contribution in [1.82, 2.24) is 10.2 Å². The molecule has 0 radical (unpaired) electrons. The molecule has 1 N–H and O–H groups in total. The summed E-state index contributed by atoms with van der Waals surface area (Å²) < 4.78 is 11.1. The average molecular weight is 366 g/mol. The van der Waals surface area contributed by atoms with E-state index in [-0.39, 0.29) is 11.9 Å². The number of para-hydroxylation sites is 1. The predicted molar refractivity (Wildman–Crippen MR) is 105 cm³/mol. The molecule has 1 atom stereocenters. The summed E-state index contributed by atoms with van der Waals surface area (Å²) in [4.78, 5) is 15.2. The van der Waals surface area contributed by atoms with E-state index in [0.29, 0.717) is 18.7 Å². The first-order chi connectivity index (χ1) is 13.3. The number of nitrogens with one attached hydrogen (secondary N) is 1. The Balaban J connectivity index is 1.51. The Bertz CT molecular complexity index is 815. The second-order valence-electron chi connectivity index (χ2n) is 7.13. The highest BCUT2D eigenvalue weighted by Crippen LogP contribution is 2.31. The van der Waals surface area contributed by atoms with Crippen molar-refractivity contribution in [2.75, 3.05) is 33.4 Å². The van der Waals surface area contributed by atoms with Crippen LogP contribution in [0.25, 0.3) is 0 Å². The van der Waals surface area contributed by atoms with Gasteiger partial charge in [-0.05, 0) is 55.8 Å². The summed E-state index contributed by atoms with van der Waals surface area (Å²) in [5, 5.41) is 3.14. The van der Waals surface area contributed by atoms with Crippen LogP contribution in [0.2, 0.25) is 0 Å². The predicted octanol–water partition coefficient (Wildman–Crippen LogP) is 3.20. The molecule has 0 aromatic heterocycles. The zero-order valence-electron chi connectivity index (χ0n) is 15.7. The van der Waals surface area contributed by atoms with Gasteiger partial charge in [-0.15, -0.1) is 0 Å². The Kier molecular flexibility index (Phi) is 5.30. The lowest BCUT2D eigenvalue weighted by Crippen LogP contribution is -2.37. The van der Waals surface area contributed by atoms with Crippen molar-refractivity contribution < 1.29 is 14.3 Å². The van der Waals surface area contributed by atoms with Gasteiger partial charge < -0.3 is 14.8 Å². The maximum absolute atomic E-state index is 12.7. The summed E-state index contributed by atoms with van der Waals surface area (Å²) in [5.74, 6) is 1.73. The van der Waals surface area contributed by atoms with Gasteiger partial charge in [0, 0.05) is 24.1 Å². The maximum atomic E-state index is 12.7. The van der Waals surface area contributed by atoms with E-state index in [9.17, 15) is 4.79 Å². The molecule has 2 aromatic rings. The number of carbonyl (C=O) groups excluding carboxylic acids is 1. The summed E-state index contributed by atoms with van der Waals surface area (Å²) in [6.07, 6.45) is 3.27. The van der Waals surface area contributed by atoms with Crippen LogP contribution in [0.5, 0.6) is 11.5 Å². The van der Waals surface area contributed by atoms with Gasteiger partial charge in [-0.3, -0.25) is 9.69 Å². The van der Waals surface area contributed by atoms with Crippen LogP contribution in [-0.4, -0.2) is 44.2 Å². The van der Waals surface area contributed by atoms with E-state index in [0.717, 1.165) is 42.1 Å². The molecule has 0 spiro atoms. The van der Waals surface area contributed by atoms with Gasteiger partial charge in [0.05, 0.1) is 19.8 Å². The van der Waals surface area contributed by atoms with Crippen molar-refractivity contribution in [3.63, 3.8) is 0 Å². The van der Waals surface area contributed by atoms with Crippen molar-refractivity contribution >= 4 is 5.91 Å². The van der Waals surface area contributed by atoms with Gasteiger partial charge in [0.2, 0.25) is 0 Å². The third-order valence-corrected chi connectivity index (χ3v) is 5.49. The van der Waals surface area contributed by atoms with Crippen LogP contribution in [0.3, 0.4) is 0 Å². The van der Waals surface area contributed by atoms with E-state index in [1.807, 2.05) is 36.4 Å². The molecule has 142 valence electrons. The van der Waals surface area contributed by atoms with Crippen molar-refractivity contribution in [3.8, 4) is 11.5 Å². The van der Waals surface area contributed by atoms with Crippen LogP contribution in [0.1, 0.15) is 40.4 Å². The Morgan fingerprint density at radius 2 is 2.04 bits per heavy atom. The minimum atomic E-state index is -0.0382. The summed E-state index contributed by atoms with van der Waals surface area (Å²) in [6.45, 7) is 3.36. The SMILES string of the molecule is COc1ccccc1C(CNC(=O)c1ccc2c(c1)CCO2)N1CCCC1.